The minimum atomic E-state index is 0.258. The van der Waals surface area contributed by atoms with Crippen LogP contribution >= 0.6 is 11.3 Å². The highest BCUT2D eigenvalue weighted by Gasteiger charge is 2.28. The highest BCUT2D eigenvalue weighted by molar-refractivity contribution is 7.11. The highest BCUT2D eigenvalue weighted by atomic mass is 32.1. The molecule has 0 bridgehead atoms. The van der Waals surface area contributed by atoms with Gasteiger partial charge < -0.3 is 5.32 Å². The molecule has 18 heavy (non-hydrogen) atoms. The number of hydrogen-bond donors (Lipinski definition) is 1. The number of nitrogens with zero attached hydrogens (tertiary/aromatic N) is 1. The largest absolute Gasteiger partial charge is 0.356 e. The van der Waals surface area contributed by atoms with Crippen LogP contribution in [0.1, 0.15) is 47.7 Å². The quantitative estimate of drug-likeness (QED) is 0.830. The summed E-state index contributed by atoms with van der Waals surface area (Å²) in [5.74, 6) is 0.589. The van der Waals surface area contributed by atoms with Crippen LogP contribution in [0.25, 0.3) is 0 Å². The number of thiazole rings is 1. The molecule has 0 unspecified atom stereocenters. The minimum Gasteiger partial charge on any atom is -0.356 e. The smallest absolute Gasteiger partial charge is 0.223 e. The van der Waals surface area contributed by atoms with Gasteiger partial charge in [-0.15, -0.1) is 11.3 Å². The molecule has 0 aliphatic heterocycles. The van der Waals surface area contributed by atoms with E-state index in [1.54, 1.807) is 0 Å². The molecular weight excluding hydrogens is 244 g/mol. The molecular formula is C14H20N2OS. The van der Waals surface area contributed by atoms with E-state index in [0.717, 1.165) is 32.2 Å². The summed E-state index contributed by atoms with van der Waals surface area (Å²) in [6, 6.07) is 0. The second-order valence-electron chi connectivity index (χ2n) is 5.35. The second kappa shape index (κ2) is 5.39. The van der Waals surface area contributed by atoms with Crippen LogP contribution in [0.5, 0.6) is 0 Å². The fourth-order valence-corrected chi connectivity index (χ4v) is 3.65. The first-order valence-electron chi connectivity index (χ1n) is 7.08. The predicted molar refractivity (Wildman–Crippen MR) is 72.8 cm³/mol. The molecule has 0 spiro atoms. The Bertz CT molecular complexity index is 414. The van der Waals surface area contributed by atoms with E-state index < -0.39 is 0 Å². The zero-order valence-corrected chi connectivity index (χ0v) is 11.5. The molecule has 1 saturated carbocycles. The molecule has 4 heteroatoms. The van der Waals surface area contributed by atoms with Gasteiger partial charge in [0.2, 0.25) is 5.91 Å². The second-order valence-corrected chi connectivity index (χ2v) is 6.52. The van der Waals surface area contributed by atoms with Crippen LogP contribution in [0.15, 0.2) is 0 Å². The maximum atomic E-state index is 11.5. The Kier molecular flexibility index (Phi) is 3.64. The lowest BCUT2D eigenvalue weighted by Crippen LogP contribution is -2.26. The van der Waals surface area contributed by atoms with Gasteiger partial charge >= 0.3 is 0 Å². The molecule has 1 aromatic heterocycles. The molecule has 1 heterocycles. The van der Waals surface area contributed by atoms with Crippen molar-refractivity contribution < 1.29 is 4.79 Å². The van der Waals surface area contributed by atoms with Crippen molar-refractivity contribution in [3.8, 4) is 0 Å². The molecule has 1 amide bonds. The highest BCUT2D eigenvalue weighted by Crippen LogP contribution is 2.29. The fourth-order valence-electron chi connectivity index (χ4n) is 2.45. The molecule has 0 aromatic carbocycles. The van der Waals surface area contributed by atoms with Crippen molar-refractivity contribution in [1.82, 2.24) is 10.3 Å². The molecule has 98 valence electrons. The van der Waals surface area contributed by atoms with E-state index in [1.807, 2.05) is 11.3 Å². The third-order valence-corrected chi connectivity index (χ3v) is 4.92. The number of nitrogens with one attached hydrogen (secondary N) is 1. The minimum absolute atomic E-state index is 0.258. The van der Waals surface area contributed by atoms with Crippen LogP contribution < -0.4 is 5.32 Å². The summed E-state index contributed by atoms with van der Waals surface area (Å²) in [6.07, 6.45) is 9.24. The Hall–Kier alpha value is -0.900. The number of aryl methyl sites for hydroxylation is 3. The van der Waals surface area contributed by atoms with Crippen LogP contribution in [0.2, 0.25) is 0 Å². The maximum absolute atomic E-state index is 11.5. The zero-order valence-electron chi connectivity index (χ0n) is 10.7. The van der Waals surface area contributed by atoms with Crippen molar-refractivity contribution >= 4 is 17.2 Å². The zero-order chi connectivity index (χ0) is 12.4. The van der Waals surface area contributed by atoms with Gasteiger partial charge in [0, 0.05) is 23.8 Å². The van der Waals surface area contributed by atoms with E-state index in [4.69, 9.17) is 4.98 Å². The van der Waals surface area contributed by atoms with E-state index in [1.165, 1.54) is 41.3 Å². The lowest BCUT2D eigenvalue weighted by atomic mass is 10.0. The Balaban J connectivity index is 1.42. The van der Waals surface area contributed by atoms with Gasteiger partial charge in [-0.3, -0.25) is 4.79 Å². The molecule has 1 fully saturated rings. The van der Waals surface area contributed by atoms with Crippen molar-refractivity contribution in [1.29, 1.82) is 0 Å². The van der Waals surface area contributed by atoms with Crippen molar-refractivity contribution in [2.45, 2.75) is 51.4 Å². The van der Waals surface area contributed by atoms with Crippen LogP contribution in [0.4, 0.5) is 0 Å². The number of carbonyl (C=O) groups is 1. The molecule has 2 aliphatic rings. The number of hydrogen-bond acceptors (Lipinski definition) is 3. The van der Waals surface area contributed by atoms with E-state index >= 15 is 0 Å². The predicted octanol–water partition coefficient (Wildman–Crippen LogP) is 2.48. The van der Waals surface area contributed by atoms with Crippen molar-refractivity contribution in [2.75, 3.05) is 6.54 Å². The number of aromatic nitrogens is 1. The lowest BCUT2D eigenvalue weighted by molar-refractivity contribution is -0.122. The van der Waals surface area contributed by atoms with Crippen LogP contribution in [-0.2, 0) is 24.1 Å². The van der Waals surface area contributed by atoms with Gasteiger partial charge in [-0.25, -0.2) is 4.98 Å². The third-order valence-electron chi connectivity index (χ3n) is 3.70. The Morgan fingerprint density at radius 1 is 1.33 bits per heavy atom. The summed E-state index contributed by atoms with van der Waals surface area (Å²) >= 11 is 1.89. The van der Waals surface area contributed by atoms with Crippen molar-refractivity contribution in [3.63, 3.8) is 0 Å². The van der Waals surface area contributed by atoms with Crippen molar-refractivity contribution in [3.05, 3.63) is 15.6 Å². The molecule has 0 atom stereocenters. The summed E-state index contributed by atoms with van der Waals surface area (Å²) in [6.45, 7) is 0.805. The Labute approximate surface area is 112 Å². The van der Waals surface area contributed by atoms with Gasteiger partial charge in [0.05, 0.1) is 10.7 Å². The first-order chi connectivity index (χ1) is 8.83. The number of carbonyl (C=O) groups excluding carboxylic acids is 1. The average molecular weight is 264 g/mol. The topological polar surface area (TPSA) is 42.0 Å². The standard InChI is InChI=1S/C14H20N2OS/c17-14(10-7-8-10)15-9-3-6-13-16-11-4-1-2-5-12(11)18-13/h10H,1-9H2,(H,15,17). The van der Waals surface area contributed by atoms with Crippen molar-refractivity contribution in [2.24, 2.45) is 5.92 Å². The summed E-state index contributed by atoms with van der Waals surface area (Å²) in [5.41, 5.74) is 1.35. The normalized spacial score (nSPS) is 18.4. The number of fused-ring (bicyclic) bond motifs is 1. The molecule has 1 N–H and O–H groups in total. The van der Waals surface area contributed by atoms with Gasteiger partial charge in [0.1, 0.15) is 0 Å². The SMILES string of the molecule is O=C(NCCCc1nc2c(s1)CCCC2)C1CC1. The van der Waals surface area contributed by atoms with Crippen LogP contribution in [0.3, 0.4) is 0 Å². The van der Waals surface area contributed by atoms with E-state index in [9.17, 15) is 4.79 Å². The molecule has 3 nitrogen and oxygen atoms in total. The first-order valence-corrected chi connectivity index (χ1v) is 7.90. The summed E-state index contributed by atoms with van der Waals surface area (Å²) < 4.78 is 0. The Morgan fingerprint density at radius 2 is 2.17 bits per heavy atom. The third kappa shape index (κ3) is 2.91. The van der Waals surface area contributed by atoms with Gasteiger partial charge in [-0.1, -0.05) is 0 Å². The molecule has 0 saturated heterocycles. The van der Waals surface area contributed by atoms with E-state index in [-0.39, 0.29) is 5.91 Å². The average Bonchev–Trinajstić information content (AvgIpc) is 3.14. The molecule has 1 aromatic rings. The van der Waals surface area contributed by atoms with Gasteiger partial charge in [0.25, 0.3) is 0 Å². The first kappa shape index (κ1) is 12.2. The lowest BCUT2D eigenvalue weighted by Gasteiger charge is -2.06. The van der Waals surface area contributed by atoms with Gasteiger partial charge in [-0.2, -0.15) is 0 Å². The number of amides is 1. The molecule has 3 rings (SSSR count). The monoisotopic (exact) mass is 264 g/mol. The molecule has 0 radical (unpaired) electrons. The van der Waals surface area contributed by atoms with Gasteiger partial charge in [0.15, 0.2) is 0 Å². The maximum Gasteiger partial charge on any atom is 0.223 e. The van der Waals surface area contributed by atoms with Gasteiger partial charge in [-0.05, 0) is 44.9 Å². The van der Waals surface area contributed by atoms with E-state index in [0.29, 0.717) is 5.92 Å². The fraction of sp³-hybridized carbons (Fsp3) is 0.714. The van der Waals surface area contributed by atoms with Crippen LogP contribution in [0, 0.1) is 5.92 Å². The summed E-state index contributed by atoms with van der Waals surface area (Å²) in [4.78, 5) is 17.7. The number of rotatable bonds is 5. The van der Waals surface area contributed by atoms with E-state index in [2.05, 4.69) is 5.32 Å². The summed E-state index contributed by atoms with van der Waals surface area (Å²) in [5, 5.41) is 4.28. The molecule has 2 aliphatic carbocycles. The van der Waals surface area contributed by atoms with Crippen LogP contribution in [-0.4, -0.2) is 17.4 Å². The summed E-state index contributed by atoms with van der Waals surface area (Å²) in [7, 11) is 0. The Morgan fingerprint density at radius 3 is 2.94 bits per heavy atom.